The molecule has 0 amide bonds. The Morgan fingerprint density at radius 1 is 1.47 bits per heavy atom. The van der Waals surface area contributed by atoms with E-state index in [9.17, 15) is 0 Å². The molecule has 0 fully saturated rings. The minimum Gasteiger partial charge on any atom is -0.141 e. The molecular weight excluding hydrogens is 220 g/mol. The first-order chi connectivity index (χ1) is 7.13. The molecule has 15 heavy (non-hydrogen) atoms. The first-order valence-electron chi connectivity index (χ1n) is 4.74. The van der Waals surface area contributed by atoms with Crippen molar-refractivity contribution in [3.05, 3.63) is 45.5 Å². The molecule has 0 saturated carbocycles. The Morgan fingerprint density at radius 3 is 2.60 bits per heavy atom. The van der Waals surface area contributed by atoms with Gasteiger partial charge in [-0.05, 0) is 36.6 Å². The van der Waals surface area contributed by atoms with Crippen LogP contribution in [0.15, 0.2) is 30.2 Å². The summed E-state index contributed by atoms with van der Waals surface area (Å²) in [6.45, 7) is 12.0. The van der Waals surface area contributed by atoms with Crippen LogP contribution >= 0.6 is 23.1 Å². The van der Waals surface area contributed by atoms with E-state index in [0.717, 1.165) is 0 Å². The molecule has 1 aromatic heterocycles. The molecule has 0 spiro atoms. The van der Waals surface area contributed by atoms with Gasteiger partial charge in [-0.1, -0.05) is 25.3 Å². The number of allylic oxidation sites excluding steroid dienone is 3. The van der Waals surface area contributed by atoms with Crippen LogP contribution < -0.4 is 0 Å². The highest BCUT2D eigenvalue weighted by atomic mass is 32.2. The minimum atomic E-state index is 1.22. The number of aryl methyl sites for hydroxylation is 1. The Bertz CT molecular complexity index is 408. The number of thioether (sulfide) groups is 1. The zero-order chi connectivity index (χ0) is 11.4. The summed E-state index contributed by atoms with van der Waals surface area (Å²) in [6, 6.07) is 2.21. The summed E-state index contributed by atoms with van der Waals surface area (Å²) in [7, 11) is 0. The van der Waals surface area contributed by atoms with Gasteiger partial charge in [-0.15, -0.1) is 23.1 Å². The number of rotatable bonds is 4. The standard InChI is InChI=1S/C13H16S2/c1-6-11(10(4)14-5)12-8-9(3)15-13(12)7-2/h6-8H,1-2H2,3-5H3/b11-10+. The van der Waals surface area contributed by atoms with Gasteiger partial charge >= 0.3 is 0 Å². The molecule has 0 N–H and O–H groups in total. The lowest BCUT2D eigenvalue weighted by molar-refractivity contribution is 1.58. The lowest BCUT2D eigenvalue weighted by Crippen LogP contribution is -1.83. The molecule has 2 heteroatoms. The molecule has 0 nitrogen and oxygen atoms in total. The summed E-state index contributed by atoms with van der Waals surface area (Å²) in [5.41, 5.74) is 2.48. The van der Waals surface area contributed by atoms with Crippen LogP contribution in [0.4, 0.5) is 0 Å². The van der Waals surface area contributed by atoms with Crippen LogP contribution in [0.5, 0.6) is 0 Å². The molecule has 0 bridgehead atoms. The van der Waals surface area contributed by atoms with Gasteiger partial charge in [0.2, 0.25) is 0 Å². The Morgan fingerprint density at radius 2 is 2.13 bits per heavy atom. The third-order valence-corrected chi connectivity index (χ3v) is 4.13. The third-order valence-electron chi connectivity index (χ3n) is 2.25. The largest absolute Gasteiger partial charge is 0.141 e. The zero-order valence-corrected chi connectivity index (χ0v) is 11.1. The average Bonchev–Trinajstić information content (AvgIpc) is 2.60. The van der Waals surface area contributed by atoms with Crippen molar-refractivity contribution in [1.82, 2.24) is 0 Å². The molecule has 1 heterocycles. The second-order valence-corrected chi connectivity index (χ2v) is 5.53. The fraction of sp³-hybridized carbons (Fsp3) is 0.231. The molecule has 0 aliphatic rings. The molecule has 0 radical (unpaired) electrons. The van der Waals surface area contributed by atoms with Gasteiger partial charge in [0.1, 0.15) is 0 Å². The van der Waals surface area contributed by atoms with Gasteiger partial charge in [0.25, 0.3) is 0 Å². The molecule has 1 aromatic rings. The van der Waals surface area contributed by atoms with Gasteiger partial charge in [0, 0.05) is 15.3 Å². The summed E-state index contributed by atoms with van der Waals surface area (Å²) in [4.78, 5) is 3.84. The molecule has 80 valence electrons. The van der Waals surface area contributed by atoms with Crippen LogP contribution in [0.2, 0.25) is 0 Å². The van der Waals surface area contributed by atoms with Crippen LogP contribution in [0, 0.1) is 6.92 Å². The van der Waals surface area contributed by atoms with E-state index in [-0.39, 0.29) is 0 Å². The second kappa shape index (κ2) is 5.38. The molecule has 1 rings (SSSR count). The van der Waals surface area contributed by atoms with Crippen molar-refractivity contribution in [2.75, 3.05) is 6.26 Å². The summed E-state index contributed by atoms with van der Waals surface area (Å²) >= 11 is 3.54. The van der Waals surface area contributed by atoms with Gasteiger partial charge in [0.15, 0.2) is 0 Å². The van der Waals surface area contributed by atoms with E-state index in [4.69, 9.17) is 0 Å². The molecule has 0 saturated heterocycles. The van der Waals surface area contributed by atoms with E-state index in [1.807, 2.05) is 12.2 Å². The number of hydrogen-bond acceptors (Lipinski definition) is 2. The first-order valence-corrected chi connectivity index (χ1v) is 6.78. The Kier molecular flexibility index (Phi) is 4.43. The van der Waals surface area contributed by atoms with Crippen molar-refractivity contribution in [1.29, 1.82) is 0 Å². The maximum atomic E-state index is 3.89. The van der Waals surface area contributed by atoms with Crippen LogP contribution in [-0.4, -0.2) is 6.26 Å². The highest BCUT2D eigenvalue weighted by Gasteiger charge is 2.09. The van der Waals surface area contributed by atoms with E-state index in [2.05, 4.69) is 39.3 Å². The fourth-order valence-corrected chi connectivity index (χ4v) is 2.75. The van der Waals surface area contributed by atoms with Crippen LogP contribution in [0.1, 0.15) is 22.2 Å². The van der Waals surface area contributed by atoms with Crippen molar-refractivity contribution in [2.24, 2.45) is 0 Å². The quantitative estimate of drug-likeness (QED) is 0.664. The monoisotopic (exact) mass is 236 g/mol. The Balaban J connectivity index is 3.35. The average molecular weight is 236 g/mol. The molecule has 0 aliphatic carbocycles. The van der Waals surface area contributed by atoms with E-state index in [1.165, 1.54) is 25.8 Å². The molecule has 0 unspecified atom stereocenters. The molecular formula is C13H16S2. The predicted octanol–water partition coefficient (Wildman–Crippen LogP) is 4.98. The van der Waals surface area contributed by atoms with Crippen LogP contribution in [0.25, 0.3) is 11.6 Å². The lowest BCUT2D eigenvalue weighted by Gasteiger charge is -2.05. The molecule has 0 atom stereocenters. The molecule has 0 aliphatic heterocycles. The summed E-state index contributed by atoms with van der Waals surface area (Å²) in [6.07, 6.45) is 5.94. The third kappa shape index (κ3) is 2.64. The highest BCUT2D eigenvalue weighted by Crippen LogP contribution is 2.33. The van der Waals surface area contributed by atoms with Gasteiger partial charge < -0.3 is 0 Å². The second-order valence-electron chi connectivity index (χ2n) is 3.22. The lowest BCUT2D eigenvalue weighted by atomic mass is 10.1. The highest BCUT2D eigenvalue weighted by molar-refractivity contribution is 8.02. The smallest absolute Gasteiger partial charge is 0.0345 e. The van der Waals surface area contributed by atoms with E-state index in [1.54, 1.807) is 23.1 Å². The molecule has 0 aromatic carbocycles. The summed E-state index contributed by atoms with van der Waals surface area (Å²) in [5, 5.41) is 0. The Labute approximate surface area is 100 Å². The Hall–Kier alpha value is -0.730. The topological polar surface area (TPSA) is 0 Å². The van der Waals surface area contributed by atoms with Crippen molar-refractivity contribution >= 4 is 34.7 Å². The van der Waals surface area contributed by atoms with E-state index < -0.39 is 0 Å². The van der Waals surface area contributed by atoms with Gasteiger partial charge in [-0.25, -0.2) is 0 Å². The van der Waals surface area contributed by atoms with Crippen molar-refractivity contribution in [3.63, 3.8) is 0 Å². The van der Waals surface area contributed by atoms with Crippen molar-refractivity contribution in [3.8, 4) is 0 Å². The maximum absolute atomic E-state index is 3.89. The van der Waals surface area contributed by atoms with Gasteiger partial charge in [-0.2, -0.15) is 0 Å². The van der Waals surface area contributed by atoms with Crippen molar-refractivity contribution in [2.45, 2.75) is 13.8 Å². The van der Waals surface area contributed by atoms with Crippen LogP contribution in [-0.2, 0) is 0 Å². The maximum Gasteiger partial charge on any atom is 0.0345 e. The van der Waals surface area contributed by atoms with E-state index in [0.29, 0.717) is 0 Å². The van der Waals surface area contributed by atoms with Gasteiger partial charge in [0.05, 0.1) is 0 Å². The number of hydrogen-bond donors (Lipinski definition) is 0. The van der Waals surface area contributed by atoms with E-state index >= 15 is 0 Å². The normalized spacial score (nSPS) is 12.2. The minimum absolute atomic E-state index is 1.22. The first kappa shape index (κ1) is 12.3. The SMILES string of the molecule is C=C/C(=C(/C)SC)c1cc(C)sc1C=C. The van der Waals surface area contributed by atoms with Crippen LogP contribution in [0.3, 0.4) is 0 Å². The van der Waals surface area contributed by atoms with Crippen molar-refractivity contribution < 1.29 is 0 Å². The van der Waals surface area contributed by atoms with Gasteiger partial charge in [-0.3, -0.25) is 0 Å². The fourth-order valence-electron chi connectivity index (χ4n) is 1.45. The predicted molar refractivity (Wildman–Crippen MR) is 75.5 cm³/mol. The number of thiophene rings is 1. The summed E-state index contributed by atoms with van der Waals surface area (Å²) in [5.74, 6) is 0. The summed E-state index contributed by atoms with van der Waals surface area (Å²) < 4.78 is 0. The zero-order valence-electron chi connectivity index (χ0n) is 9.46.